The molecule has 0 aliphatic carbocycles. The molecule has 2 N–H and O–H groups in total. The minimum atomic E-state index is -0.670. The van der Waals surface area contributed by atoms with E-state index >= 15 is 0 Å². The molecule has 3 aromatic carbocycles. The van der Waals surface area contributed by atoms with Crippen LogP contribution in [0, 0.1) is 0 Å². The molecule has 0 radical (unpaired) electrons. The van der Waals surface area contributed by atoms with Gasteiger partial charge in [-0.05, 0) is 57.5 Å². The number of methoxy groups -OCH3 is 3. The Morgan fingerprint density at radius 2 is 1.57 bits per heavy atom. The molecule has 2 atom stereocenters. The van der Waals surface area contributed by atoms with Crippen LogP contribution in [0.4, 0.5) is 21.5 Å². The van der Waals surface area contributed by atoms with Crippen molar-refractivity contribution in [2.45, 2.75) is 58.5 Å². The molecular formula is C44H50N10O7. The van der Waals surface area contributed by atoms with Gasteiger partial charge in [-0.2, -0.15) is 4.98 Å². The van der Waals surface area contributed by atoms with Crippen LogP contribution in [0.15, 0.2) is 91.5 Å². The Hall–Kier alpha value is -7.17. The molecule has 2 amide bonds. The Morgan fingerprint density at radius 1 is 0.836 bits per heavy atom. The standard InChI is InChI=1S/C44H50N10O7/c1-28(36-25-52(42(55)61-44(2,3)4)19-20-53(36)43(56)60-26-29-11-9-8-10-12-29)49-41-46-18-16-39(51-41)54-27-48-34-21-30(13-14-35(34)54)33-15-17-45-40(50-33)47-24-32-37(58-6)22-31(57-5)23-38(32)59-7/h8-18,21-23,27-28,36H,19-20,24-26H2,1-7H3,(H,45,47,50)(H,46,49,51)/t28-,36-/m0/s1. The third-order valence-electron chi connectivity index (χ3n) is 10.1. The predicted molar refractivity (Wildman–Crippen MR) is 229 cm³/mol. The third-order valence-corrected chi connectivity index (χ3v) is 10.1. The lowest BCUT2D eigenvalue weighted by Gasteiger charge is -2.43. The summed E-state index contributed by atoms with van der Waals surface area (Å²) in [6.45, 7) is 8.64. The molecule has 3 aromatic heterocycles. The zero-order chi connectivity index (χ0) is 43.1. The van der Waals surface area contributed by atoms with Gasteiger partial charge < -0.3 is 39.2 Å². The first-order chi connectivity index (χ1) is 29.4. The van der Waals surface area contributed by atoms with Gasteiger partial charge in [0.1, 0.15) is 41.6 Å². The zero-order valence-corrected chi connectivity index (χ0v) is 35.3. The maximum absolute atomic E-state index is 13.5. The third kappa shape index (κ3) is 10.0. The summed E-state index contributed by atoms with van der Waals surface area (Å²) in [7, 11) is 4.78. The number of nitrogens with zero attached hydrogens (tertiary/aromatic N) is 8. The van der Waals surface area contributed by atoms with Gasteiger partial charge in [0.2, 0.25) is 11.9 Å². The minimum absolute atomic E-state index is 0.126. The van der Waals surface area contributed by atoms with E-state index < -0.39 is 29.9 Å². The lowest BCUT2D eigenvalue weighted by molar-refractivity contribution is -0.000538. The van der Waals surface area contributed by atoms with E-state index in [-0.39, 0.29) is 19.7 Å². The van der Waals surface area contributed by atoms with Crippen LogP contribution in [0.2, 0.25) is 0 Å². The highest BCUT2D eigenvalue weighted by atomic mass is 16.6. The lowest BCUT2D eigenvalue weighted by Crippen LogP contribution is -2.61. The molecule has 0 spiro atoms. The summed E-state index contributed by atoms with van der Waals surface area (Å²) in [6.07, 6.45) is 4.14. The fourth-order valence-electron chi connectivity index (χ4n) is 6.99. The summed E-state index contributed by atoms with van der Waals surface area (Å²) < 4.78 is 29.9. The quantitative estimate of drug-likeness (QED) is 0.122. The van der Waals surface area contributed by atoms with Crippen LogP contribution in [-0.4, -0.2) is 110 Å². The number of hydrogen-bond acceptors (Lipinski definition) is 14. The number of carbonyl (C=O) groups excluding carboxylic acids is 2. The highest BCUT2D eigenvalue weighted by Gasteiger charge is 2.38. The van der Waals surface area contributed by atoms with Crippen molar-refractivity contribution in [3.05, 3.63) is 103 Å². The average Bonchev–Trinajstić information content (AvgIpc) is 3.70. The van der Waals surface area contributed by atoms with E-state index in [9.17, 15) is 9.59 Å². The Bertz CT molecular complexity index is 2450. The number of aromatic nitrogens is 6. The van der Waals surface area contributed by atoms with Gasteiger partial charge >= 0.3 is 12.2 Å². The van der Waals surface area contributed by atoms with Crippen molar-refractivity contribution >= 4 is 35.1 Å². The number of hydrogen-bond donors (Lipinski definition) is 2. The number of amides is 2. The van der Waals surface area contributed by atoms with Gasteiger partial charge in [-0.1, -0.05) is 36.4 Å². The summed E-state index contributed by atoms with van der Waals surface area (Å²) in [5.74, 6) is 3.19. The normalized spacial score (nSPS) is 14.6. The predicted octanol–water partition coefficient (Wildman–Crippen LogP) is 6.97. The van der Waals surface area contributed by atoms with Crippen LogP contribution in [0.3, 0.4) is 0 Å². The smallest absolute Gasteiger partial charge is 0.410 e. The largest absolute Gasteiger partial charge is 0.496 e. The molecular weight excluding hydrogens is 781 g/mol. The van der Waals surface area contributed by atoms with Gasteiger partial charge in [0.05, 0.1) is 56.2 Å². The average molecular weight is 831 g/mol. The van der Waals surface area contributed by atoms with Gasteiger partial charge in [0.25, 0.3) is 0 Å². The molecule has 7 rings (SSSR count). The lowest BCUT2D eigenvalue weighted by atomic mass is 10.1. The highest BCUT2D eigenvalue weighted by molar-refractivity contribution is 5.82. The molecule has 17 heteroatoms. The fraction of sp³-hybridized carbons (Fsp3) is 0.341. The first-order valence-corrected chi connectivity index (χ1v) is 19.8. The minimum Gasteiger partial charge on any atom is -0.496 e. The van der Waals surface area contributed by atoms with E-state index in [1.165, 1.54) is 0 Å². The summed E-state index contributed by atoms with van der Waals surface area (Å²) in [4.78, 5) is 53.2. The second-order valence-corrected chi connectivity index (χ2v) is 15.3. The van der Waals surface area contributed by atoms with E-state index in [0.29, 0.717) is 53.7 Å². The number of carbonyl (C=O) groups is 2. The monoisotopic (exact) mass is 830 g/mol. The molecule has 1 aliphatic heterocycles. The number of ether oxygens (including phenoxy) is 5. The number of imidazole rings is 1. The molecule has 1 fully saturated rings. The van der Waals surface area contributed by atoms with Crippen LogP contribution in [-0.2, 0) is 22.6 Å². The zero-order valence-electron chi connectivity index (χ0n) is 35.3. The number of rotatable bonds is 13. The molecule has 17 nitrogen and oxygen atoms in total. The fourth-order valence-corrected chi connectivity index (χ4v) is 6.99. The summed E-state index contributed by atoms with van der Waals surface area (Å²) >= 11 is 0. The number of anilines is 2. The van der Waals surface area contributed by atoms with Crippen LogP contribution in [0.25, 0.3) is 28.1 Å². The number of piperazine rings is 1. The number of nitrogens with one attached hydrogen (secondary N) is 2. The summed E-state index contributed by atoms with van der Waals surface area (Å²) in [5.41, 5.74) is 4.10. The van der Waals surface area contributed by atoms with Crippen molar-refractivity contribution in [3.8, 4) is 34.3 Å². The van der Waals surface area contributed by atoms with Gasteiger partial charge in [-0.25, -0.2) is 29.5 Å². The Morgan fingerprint density at radius 3 is 2.30 bits per heavy atom. The van der Waals surface area contributed by atoms with E-state index in [4.69, 9.17) is 38.6 Å². The molecule has 61 heavy (non-hydrogen) atoms. The van der Waals surface area contributed by atoms with E-state index in [0.717, 1.165) is 27.7 Å². The van der Waals surface area contributed by atoms with Crippen LogP contribution >= 0.6 is 0 Å². The van der Waals surface area contributed by atoms with Gasteiger partial charge in [0, 0.05) is 55.8 Å². The SMILES string of the molecule is COc1cc(OC)c(CNc2nccc(-c3ccc4c(c3)ncn4-c3ccnc(N[C@@H](C)[C@@H]4CN(C(=O)OC(C)(C)C)CCN4C(=O)OCc4ccccc4)n3)n2)c(OC)c1. The second-order valence-electron chi connectivity index (χ2n) is 15.3. The van der Waals surface area contributed by atoms with Crippen molar-refractivity contribution in [1.82, 2.24) is 39.3 Å². The first-order valence-electron chi connectivity index (χ1n) is 19.8. The van der Waals surface area contributed by atoms with Gasteiger partial charge in [0.15, 0.2) is 0 Å². The topological polar surface area (TPSA) is 180 Å². The Kier molecular flexibility index (Phi) is 12.7. The summed E-state index contributed by atoms with van der Waals surface area (Å²) in [6, 6.07) is 21.7. The highest BCUT2D eigenvalue weighted by Crippen LogP contribution is 2.34. The van der Waals surface area contributed by atoms with Crippen molar-refractivity contribution in [1.29, 1.82) is 0 Å². The van der Waals surface area contributed by atoms with Crippen LogP contribution in [0.1, 0.15) is 38.8 Å². The first kappa shape index (κ1) is 42.0. The maximum Gasteiger partial charge on any atom is 0.410 e. The molecule has 6 aromatic rings. The summed E-state index contributed by atoms with van der Waals surface area (Å²) in [5, 5.41) is 6.66. The van der Waals surface area contributed by atoms with Gasteiger partial charge in [-0.15, -0.1) is 0 Å². The maximum atomic E-state index is 13.5. The van der Waals surface area contributed by atoms with Crippen molar-refractivity contribution < 1.29 is 33.3 Å². The van der Waals surface area contributed by atoms with Crippen LogP contribution < -0.4 is 24.8 Å². The molecule has 0 bridgehead atoms. The molecule has 0 unspecified atom stereocenters. The van der Waals surface area contributed by atoms with Crippen molar-refractivity contribution in [2.75, 3.05) is 51.6 Å². The van der Waals surface area contributed by atoms with Gasteiger partial charge in [-0.3, -0.25) is 9.47 Å². The van der Waals surface area contributed by atoms with E-state index in [1.54, 1.807) is 68.0 Å². The Balaban J connectivity index is 1.06. The molecule has 318 valence electrons. The van der Waals surface area contributed by atoms with E-state index in [2.05, 4.69) is 20.6 Å². The molecule has 1 saturated heterocycles. The molecule has 4 heterocycles. The number of benzene rings is 3. The van der Waals surface area contributed by atoms with E-state index in [1.807, 2.05) is 86.9 Å². The molecule has 1 aliphatic rings. The number of fused-ring (bicyclic) bond motifs is 1. The van der Waals surface area contributed by atoms with Crippen LogP contribution in [0.5, 0.6) is 17.2 Å². The Labute approximate surface area is 354 Å². The molecule has 0 saturated carbocycles. The van der Waals surface area contributed by atoms with Crippen molar-refractivity contribution in [3.63, 3.8) is 0 Å². The second kappa shape index (κ2) is 18.4. The van der Waals surface area contributed by atoms with Crippen molar-refractivity contribution in [2.24, 2.45) is 0 Å².